The van der Waals surface area contributed by atoms with Crippen molar-refractivity contribution in [1.29, 1.82) is 0 Å². The van der Waals surface area contributed by atoms with Gasteiger partial charge in [-0.3, -0.25) is 9.29 Å². The molecule has 27 heavy (non-hydrogen) atoms. The summed E-state index contributed by atoms with van der Waals surface area (Å²) < 4.78 is 27.7. The van der Waals surface area contributed by atoms with E-state index in [1.165, 1.54) is 10.5 Å². The van der Waals surface area contributed by atoms with Crippen LogP contribution in [0.15, 0.2) is 54.1 Å². The number of nitrogens with zero attached hydrogens (tertiary/aromatic N) is 2. The zero-order valence-corrected chi connectivity index (χ0v) is 16.4. The standard InChI is InChI=1S/C20H19N3O2S2/c1-27(24,25)22-17-8-4-7-15(12-17)18-13-21-20-10-3-2-6-16(14-23(18)20)19-9-5-11-26-19/h3-5,7-14,22H,2,6H2,1H3. The Kier molecular flexibility index (Phi) is 4.72. The number of anilines is 1. The normalized spacial score (nSPS) is 14.2. The lowest BCUT2D eigenvalue weighted by Crippen LogP contribution is -2.09. The number of imidazole rings is 1. The Labute approximate surface area is 162 Å². The van der Waals surface area contributed by atoms with E-state index in [4.69, 9.17) is 0 Å². The van der Waals surface area contributed by atoms with E-state index in [0.29, 0.717) is 5.69 Å². The van der Waals surface area contributed by atoms with Gasteiger partial charge in [-0.1, -0.05) is 24.3 Å². The third-order valence-electron chi connectivity index (χ3n) is 4.26. The van der Waals surface area contributed by atoms with Gasteiger partial charge in [0.2, 0.25) is 10.0 Å². The number of thiophene rings is 1. The van der Waals surface area contributed by atoms with E-state index in [-0.39, 0.29) is 0 Å². The summed E-state index contributed by atoms with van der Waals surface area (Å²) in [5, 5.41) is 2.08. The average molecular weight is 398 g/mol. The van der Waals surface area contributed by atoms with Gasteiger partial charge in [-0.05, 0) is 48.1 Å². The maximum Gasteiger partial charge on any atom is 0.229 e. The van der Waals surface area contributed by atoms with Gasteiger partial charge in [0, 0.05) is 22.3 Å². The minimum atomic E-state index is -3.32. The van der Waals surface area contributed by atoms with Crippen molar-refractivity contribution in [2.75, 3.05) is 11.0 Å². The maximum absolute atomic E-state index is 11.5. The van der Waals surface area contributed by atoms with E-state index in [9.17, 15) is 8.42 Å². The minimum Gasteiger partial charge on any atom is -0.299 e. The van der Waals surface area contributed by atoms with Crippen LogP contribution in [-0.2, 0) is 10.0 Å². The number of hydrogen-bond acceptors (Lipinski definition) is 4. The monoisotopic (exact) mass is 397 g/mol. The van der Waals surface area contributed by atoms with Gasteiger partial charge in [0.25, 0.3) is 0 Å². The van der Waals surface area contributed by atoms with Crippen LogP contribution < -0.4 is 4.72 Å². The summed E-state index contributed by atoms with van der Waals surface area (Å²) in [6.45, 7) is 0. The Morgan fingerprint density at radius 1 is 1.22 bits per heavy atom. The number of fused-ring (bicyclic) bond motifs is 1. The number of allylic oxidation sites excluding steroid dienone is 2. The van der Waals surface area contributed by atoms with Crippen molar-refractivity contribution in [3.05, 3.63) is 64.8 Å². The Bertz CT molecular complexity index is 1120. The Morgan fingerprint density at radius 3 is 2.89 bits per heavy atom. The fourth-order valence-electron chi connectivity index (χ4n) is 3.10. The van der Waals surface area contributed by atoms with Crippen molar-refractivity contribution in [3.8, 4) is 11.3 Å². The number of sulfonamides is 1. The molecule has 7 heteroatoms. The summed E-state index contributed by atoms with van der Waals surface area (Å²) >= 11 is 1.73. The third-order valence-corrected chi connectivity index (χ3v) is 5.81. The predicted molar refractivity (Wildman–Crippen MR) is 113 cm³/mol. The van der Waals surface area contributed by atoms with Crippen molar-refractivity contribution in [2.45, 2.75) is 12.8 Å². The van der Waals surface area contributed by atoms with Gasteiger partial charge in [-0.15, -0.1) is 11.3 Å². The van der Waals surface area contributed by atoms with Crippen LogP contribution in [0.25, 0.3) is 29.1 Å². The van der Waals surface area contributed by atoms with Gasteiger partial charge < -0.3 is 0 Å². The summed E-state index contributed by atoms with van der Waals surface area (Å²) in [4.78, 5) is 5.80. The SMILES string of the molecule is CS(=O)(=O)Nc1cccc(-c2cnc3n2C=C(c2cccs2)CCC=C3)c1. The van der Waals surface area contributed by atoms with E-state index in [2.05, 4.69) is 44.1 Å². The number of hydrogen-bond donors (Lipinski definition) is 1. The molecule has 138 valence electrons. The van der Waals surface area contributed by atoms with E-state index < -0.39 is 10.0 Å². The highest BCUT2D eigenvalue weighted by Gasteiger charge is 2.13. The molecular weight excluding hydrogens is 378 g/mol. The highest BCUT2D eigenvalue weighted by Crippen LogP contribution is 2.31. The second-order valence-electron chi connectivity index (χ2n) is 6.40. The maximum atomic E-state index is 11.5. The van der Waals surface area contributed by atoms with Crippen LogP contribution in [0.1, 0.15) is 23.5 Å². The third kappa shape index (κ3) is 4.04. The molecule has 0 radical (unpaired) electrons. The van der Waals surface area contributed by atoms with Crippen LogP contribution in [0.2, 0.25) is 0 Å². The van der Waals surface area contributed by atoms with Crippen molar-refractivity contribution in [3.63, 3.8) is 0 Å². The molecule has 0 atom stereocenters. The molecule has 2 aromatic heterocycles. The summed E-state index contributed by atoms with van der Waals surface area (Å²) in [7, 11) is -3.32. The first-order chi connectivity index (χ1) is 13.0. The van der Waals surface area contributed by atoms with E-state index >= 15 is 0 Å². The van der Waals surface area contributed by atoms with E-state index in [0.717, 1.165) is 36.2 Å². The summed E-state index contributed by atoms with van der Waals surface area (Å²) in [5.74, 6) is 0.861. The van der Waals surface area contributed by atoms with Crippen LogP contribution in [0, 0.1) is 0 Å². The second kappa shape index (κ2) is 7.17. The van der Waals surface area contributed by atoms with Crippen LogP contribution in [0.4, 0.5) is 5.69 Å². The molecule has 0 amide bonds. The second-order valence-corrected chi connectivity index (χ2v) is 9.10. The molecule has 0 spiro atoms. The summed E-state index contributed by atoms with van der Waals surface area (Å²) in [6.07, 6.45) is 11.2. The van der Waals surface area contributed by atoms with Crippen LogP contribution in [0.3, 0.4) is 0 Å². The van der Waals surface area contributed by atoms with Gasteiger partial charge in [0.1, 0.15) is 5.82 Å². The highest BCUT2D eigenvalue weighted by molar-refractivity contribution is 7.92. The van der Waals surface area contributed by atoms with Gasteiger partial charge in [0.15, 0.2) is 0 Å². The predicted octanol–water partition coefficient (Wildman–Crippen LogP) is 4.79. The van der Waals surface area contributed by atoms with Gasteiger partial charge >= 0.3 is 0 Å². The quantitative estimate of drug-likeness (QED) is 0.688. The molecule has 1 aromatic carbocycles. The number of nitrogens with one attached hydrogen (secondary N) is 1. The molecule has 0 bridgehead atoms. The highest BCUT2D eigenvalue weighted by atomic mass is 32.2. The lowest BCUT2D eigenvalue weighted by atomic mass is 10.1. The zero-order valence-electron chi connectivity index (χ0n) is 14.8. The zero-order chi connectivity index (χ0) is 18.9. The molecule has 0 saturated heterocycles. The smallest absolute Gasteiger partial charge is 0.229 e. The van der Waals surface area contributed by atoms with E-state index in [1.54, 1.807) is 17.4 Å². The number of rotatable bonds is 4. The molecule has 3 heterocycles. The Balaban J connectivity index is 1.81. The number of aromatic nitrogens is 2. The molecule has 5 nitrogen and oxygen atoms in total. The molecule has 1 aliphatic rings. The van der Waals surface area contributed by atoms with Crippen molar-refractivity contribution in [2.24, 2.45) is 0 Å². The number of benzene rings is 1. The van der Waals surface area contributed by atoms with Crippen LogP contribution in [0.5, 0.6) is 0 Å². The largest absolute Gasteiger partial charge is 0.299 e. The first kappa shape index (κ1) is 17.8. The molecule has 0 saturated carbocycles. The van der Waals surface area contributed by atoms with Crippen LogP contribution >= 0.6 is 11.3 Å². The molecule has 4 rings (SSSR count). The fourth-order valence-corrected chi connectivity index (χ4v) is 4.42. The molecule has 0 unspecified atom stereocenters. The molecule has 0 aliphatic carbocycles. The summed E-state index contributed by atoms with van der Waals surface area (Å²) in [6, 6.07) is 11.6. The first-order valence-electron chi connectivity index (χ1n) is 8.56. The molecule has 0 fully saturated rings. The van der Waals surface area contributed by atoms with Crippen molar-refractivity contribution < 1.29 is 8.42 Å². The first-order valence-corrected chi connectivity index (χ1v) is 11.3. The van der Waals surface area contributed by atoms with Crippen molar-refractivity contribution in [1.82, 2.24) is 9.55 Å². The van der Waals surface area contributed by atoms with Crippen LogP contribution in [-0.4, -0.2) is 24.2 Å². The average Bonchev–Trinajstić information content (AvgIpc) is 3.23. The Hall–Kier alpha value is -2.64. The summed E-state index contributed by atoms with van der Waals surface area (Å²) in [5.41, 5.74) is 3.62. The topological polar surface area (TPSA) is 64.0 Å². The van der Waals surface area contributed by atoms with Crippen molar-refractivity contribution >= 4 is 44.9 Å². The lowest BCUT2D eigenvalue weighted by Gasteiger charge is -2.12. The van der Waals surface area contributed by atoms with Gasteiger partial charge in [-0.2, -0.15) is 0 Å². The molecular formula is C20H19N3O2S2. The van der Waals surface area contributed by atoms with Gasteiger partial charge in [0.05, 0.1) is 18.1 Å². The van der Waals surface area contributed by atoms with E-state index in [1.807, 2.05) is 30.5 Å². The van der Waals surface area contributed by atoms with Gasteiger partial charge in [-0.25, -0.2) is 13.4 Å². The molecule has 3 aromatic rings. The minimum absolute atomic E-state index is 0.536. The Morgan fingerprint density at radius 2 is 2.11 bits per heavy atom. The lowest BCUT2D eigenvalue weighted by molar-refractivity contribution is 0.607. The molecule has 1 N–H and O–H groups in total. The molecule has 1 aliphatic heterocycles. The fraction of sp³-hybridized carbons (Fsp3) is 0.150.